The summed E-state index contributed by atoms with van der Waals surface area (Å²) >= 11 is 7.78. The van der Waals surface area contributed by atoms with Crippen LogP contribution >= 0.6 is 23.4 Å². The average Bonchev–Trinajstić information content (AvgIpc) is 3.12. The highest BCUT2D eigenvalue weighted by molar-refractivity contribution is 8.02. The minimum absolute atomic E-state index is 0.0530. The van der Waals surface area contributed by atoms with Crippen LogP contribution in [0.3, 0.4) is 0 Å². The molecule has 0 aliphatic carbocycles. The van der Waals surface area contributed by atoms with Crippen molar-refractivity contribution in [2.24, 2.45) is 5.73 Å². The van der Waals surface area contributed by atoms with E-state index in [-0.39, 0.29) is 12.0 Å². The summed E-state index contributed by atoms with van der Waals surface area (Å²) in [6, 6.07) is 9.92. The minimum atomic E-state index is -1.32. The quantitative estimate of drug-likeness (QED) is 0.236. The third kappa shape index (κ3) is 5.77. The molecule has 10 heteroatoms. The molecule has 2 atom stereocenters. The first-order valence-corrected chi connectivity index (χ1v) is 11.9. The molecule has 0 radical (unpaired) electrons. The number of aromatic nitrogens is 1. The predicted molar refractivity (Wildman–Crippen MR) is 133 cm³/mol. The van der Waals surface area contributed by atoms with Gasteiger partial charge in [0.15, 0.2) is 0 Å². The lowest BCUT2D eigenvalue weighted by atomic mass is 9.95. The molecule has 0 saturated carbocycles. The summed E-state index contributed by atoms with van der Waals surface area (Å²) in [6.45, 7) is 3.05. The first kappa shape index (κ1) is 25.9. The number of benzene rings is 2. The highest BCUT2D eigenvalue weighted by Gasteiger charge is 2.37. The number of nitrogens with zero attached hydrogens (tertiary/aromatic N) is 2. The van der Waals surface area contributed by atoms with Crippen LogP contribution in [0.15, 0.2) is 47.4 Å². The van der Waals surface area contributed by atoms with Crippen LogP contribution in [-0.2, 0) is 6.42 Å². The van der Waals surface area contributed by atoms with Crippen molar-refractivity contribution in [1.29, 1.82) is 5.26 Å². The topological polar surface area (TPSA) is 95.0 Å². The Kier molecular flexibility index (Phi) is 6.96. The Morgan fingerprint density at radius 1 is 1.19 bits per heavy atom. The molecule has 0 saturated heterocycles. The normalized spacial score (nSPS) is 17.4. The zero-order chi connectivity index (χ0) is 26.3. The van der Waals surface area contributed by atoms with E-state index < -0.39 is 33.4 Å². The maximum absolute atomic E-state index is 14.0. The Labute approximate surface area is 215 Å². The number of fused-ring (bicyclic) bond motifs is 1. The summed E-state index contributed by atoms with van der Waals surface area (Å²) < 4.78 is 40.2. The minimum Gasteiger partial charge on any atom is -0.378 e. The molecule has 0 spiro atoms. The Bertz CT molecular complexity index is 1440. The Balaban J connectivity index is 1.80. The lowest BCUT2D eigenvalue weighted by molar-refractivity contribution is 0.143. The van der Waals surface area contributed by atoms with Crippen LogP contribution in [0.2, 0.25) is 0 Å². The number of anilines is 1. The molecule has 1 aromatic heterocycles. The standard InChI is InChI=1S/C26H20ClF3N4OS/c1-25(2,35)5-6-26(27)34-24-22(36-26)12-19(15-3-4-20(30)16(10-15)13-31)23(33-24)21(32)9-14-7-17(28)11-18(29)8-14/h3-4,7-8,10-12,21,35H,9,32H2,1-2H3,(H,33,34). The van der Waals surface area contributed by atoms with Crippen molar-refractivity contribution < 1.29 is 18.3 Å². The number of hydrogen-bond donors (Lipinski definition) is 3. The molecule has 3 aromatic rings. The Hall–Kier alpha value is -3.21. The maximum Gasteiger partial charge on any atom is 0.228 e. The van der Waals surface area contributed by atoms with Gasteiger partial charge in [0, 0.05) is 11.6 Å². The van der Waals surface area contributed by atoms with E-state index in [0.29, 0.717) is 33.1 Å². The van der Waals surface area contributed by atoms with E-state index in [1.54, 1.807) is 6.07 Å². The molecular formula is C26H20ClF3N4OS. The fourth-order valence-electron chi connectivity index (χ4n) is 3.67. The molecule has 1 aliphatic heterocycles. The summed E-state index contributed by atoms with van der Waals surface area (Å²) in [5.74, 6) is 3.72. The van der Waals surface area contributed by atoms with E-state index in [9.17, 15) is 23.5 Å². The first-order valence-electron chi connectivity index (χ1n) is 10.7. The predicted octanol–water partition coefficient (Wildman–Crippen LogP) is 5.46. The van der Waals surface area contributed by atoms with Crippen LogP contribution < -0.4 is 11.1 Å². The van der Waals surface area contributed by atoms with E-state index in [2.05, 4.69) is 22.1 Å². The van der Waals surface area contributed by atoms with Crippen molar-refractivity contribution in [3.05, 3.63) is 76.7 Å². The summed E-state index contributed by atoms with van der Waals surface area (Å²) in [5, 5.41) is 22.3. The highest BCUT2D eigenvalue weighted by Crippen LogP contribution is 2.49. The van der Waals surface area contributed by atoms with Crippen LogP contribution in [0.25, 0.3) is 11.1 Å². The van der Waals surface area contributed by atoms with Crippen molar-refractivity contribution in [1.82, 2.24) is 4.98 Å². The second-order valence-electron chi connectivity index (χ2n) is 8.79. The van der Waals surface area contributed by atoms with Crippen LogP contribution in [-0.4, -0.2) is 20.0 Å². The third-order valence-corrected chi connectivity index (χ3v) is 6.64. The van der Waals surface area contributed by atoms with Crippen molar-refractivity contribution in [2.45, 2.75) is 41.1 Å². The average molecular weight is 529 g/mol. The van der Waals surface area contributed by atoms with E-state index >= 15 is 0 Å². The molecule has 5 nitrogen and oxygen atoms in total. The lowest BCUT2D eigenvalue weighted by Crippen LogP contribution is -2.24. The van der Waals surface area contributed by atoms with Gasteiger partial charge in [0.2, 0.25) is 4.33 Å². The lowest BCUT2D eigenvalue weighted by Gasteiger charge is -2.18. The van der Waals surface area contributed by atoms with Gasteiger partial charge in [-0.05, 0) is 67.6 Å². The number of pyridine rings is 1. The van der Waals surface area contributed by atoms with Crippen molar-refractivity contribution in [2.75, 3.05) is 5.32 Å². The summed E-state index contributed by atoms with van der Waals surface area (Å²) in [7, 11) is 0. The Morgan fingerprint density at radius 2 is 1.89 bits per heavy atom. The highest BCUT2D eigenvalue weighted by atomic mass is 35.5. The molecule has 4 rings (SSSR count). The molecule has 0 fully saturated rings. The van der Waals surface area contributed by atoms with E-state index in [1.807, 2.05) is 6.07 Å². The molecule has 184 valence electrons. The molecule has 0 bridgehead atoms. The van der Waals surface area contributed by atoms with E-state index in [4.69, 9.17) is 17.3 Å². The maximum atomic E-state index is 14.0. The number of nitrogens with one attached hydrogen (secondary N) is 1. The molecule has 0 amide bonds. The first-order chi connectivity index (χ1) is 16.9. The van der Waals surface area contributed by atoms with E-state index in [1.165, 1.54) is 44.2 Å². The number of hydrogen-bond acceptors (Lipinski definition) is 6. The molecular weight excluding hydrogens is 509 g/mol. The third-order valence-electron chi connectivity index (χ3n) is 5.20. The number of nitrogens with two attached hydrogens (primary N) is 1. The van der Waals surface area contributed by atoms with Crippen molar-refractivity contribution >= 4 is 29.2 Å². The van der Waals surface area contributed by atoms with Gasteiger partial charge >= 0.3 is 0 Å². The second-order valence-corrected chi connectivity index (χ2v) is 10.8. The molecule has 2 heterocycles. The fraction of sp³-hybridized carbons (Fsp3) is 0.231. The summed E-state index contributed by atoms with van der Waals surface area (Å²) in [6.07, 6.45) is 0.0530. The molecule has 2 unspecified atom stereocenters. The molecule has 1 aliphatic rings. The summed E-state index contributed by atoms with van der Waals surface area (Å²) in [4.78, 5) is 5.26. The van der Waals surface area contributed by atoms with Gasteiger partial charge in [-0.25, -0.2) is 18.2 Å². The van der Waals surface area contributed by atoms with Gasteiger partial charge in [-0.15, -0.1) is 0 Å². The monoisotopic (exact) mass is 528 g/mol. The van der Waals surface area contributed by atoms with Crippen molar-refractivity contribution in [3.8, 4) is 29.0 Å². The number of thioether (sulfide) groups is 1. The van der Waals surface area contributed by atoms with Gasteiger partial charge in [0.05, 0.1) is 22.2 Å². The second kappa shape index (κ2) is 9.68. The number of nitriles is 1. The fourth-order valence-corrected chi connectivity index (χ4v) is 4.98. The Morgan fingerprint density at radius 3 is 2.53 bits per heavy atom. The van der Waals surface area contributed by atoms with E-state index in [0.717, 1.165) is 17.8 Å². The number of rotatable bonds is 4. The van der Waals surface area contributed by atoms with Crippen LogP contribution in [0.1, 0.15) is 36.7 Å². The zero-order valence-corrected chi connectivity index (χ0v) is 20.7. The number of alkyl halides is 1. The summed E-state index contributed by atoms with van der Waals surface area (Å²) in [5.41, 5.74) is 6.69. The number of halogens is 4. The SMILES string of the molecule is CC(C)(O)C#CC1(Cl)Nc2nc(C(N)Cc3cc(F)cc(F)c3)c(-c3ccc(F)c(C#N)c3)cc2S1. The van der Waals surface area contributed by atoms with Crippen LogP contribution in [0.4, 0.5) is 19.0 Å². The van der Waals surface area contributed by atoms with Gasteiger partial charge in [-0.3, -0.25) is 0 Å². The zero-order valence-electron chi connectivity index (χ0n) is 19.2. The van der Waals surface area contributed by atoms with Gasteiger partial charge < -0.3 is 16.2 Å². The van der Waals surface area contributed by atoms with Crippen LogP contribution in [0.5, 0.6) is 0 Å². The molecule has 4 N–H and O–H groups in total. The molecule has 36 heavy (non-hydrogen) atoms. The van der Waals surface area contributed by atoms with Gasteiger partial charge in [-0.2, -0.15) is 5.26 Å². The van der Waals surface area contributed by atoms with Crippen LogP contribution in [0, 0.1) is 40.6 Å². The van der Waals surface area contributed by atoms with Crippen molar-refractivity contribution in [3.63, 3.8) is 0 Å². The molecule has 2 aromatic carbocycles. The van der Waals surface area contributed by atoms with Gasteiger partial charge in [0.25, 0.3) is 0 Å². The largest absolute Gasteiger partial charge is 0.378 e. The van der Waals surface area contributed by atoms with Gasteiger partial charge in [-0.1, -0.05) is 35.3 Å². The van der Waals surface area contributed by atoms with Gasteiger partial charge in [0.1, 0.15) is 34.9 Å². The number of aliphatic hydroxyl groups is 1. The smallest absolute Gasteiger partial charge is 0.228 e.